The predicted molar refractivity (Wildman–Crippen MR) is 236 cm³/mol. The Balaban J connectivity index is 1.08. The van der Waals surface area contributed by atoms with Gasteiger partial charge in [-0.15, -0.1) is 11.3 Å². The van der Waals surface area contributed by atoms with Crippen LogP contribution < -0.4 is 0 Å². The monoisotopic (exact) mass is 746 g/mol. The lowest BCUT2D eigenvalue weighted by molar-refractivity contribution is 0.670. The molecule has 57 heavy (non-hydrogen) atoms. The molecule has 4 aromatic heterocycles. The zero-order valence-electron chi connectivity index (χ0n) is 30.4. The highest BCUT2D eigenvalue weighted by Gasteiger charge is 2.21. The van der Waals surface area contributed by atoms with Crippen molar-refractivity contribution in [3.8, 4) is 51.0 Å². The first-order valence-corrected chi connectivity index (χ1v) is 19.8. The van der Waals surface area contributed by atoms with Gasteiger partial charge in [0.1, 0.15) is 11.2 Å². The van der Waals surface area contributed by atoms with Crippen LogP contribution in [0.3, 0.4) is 0 Å². The van der Waals surface area contributed by atoms with Gasteiger partial charge >= 0.3 is 0 Å². The van der Waals surface area contributed by atoms with Gasteiger partial charge in [0, 0.05) is 58.4 Å². The smallest absolute Gasteiger partial charge is 0.238 e. The summed E-state index contributed by atoms with van der Waals surface area (Å²) in [6, 6.07) is 63.8. The molecule has 4 heterocycles. The Labute approximate surface area is 330 Å². The highest BCUT2D eigenvalue weighted by atomic mass is 32.1. The van der Waals surface area contributed by atoms with E-state index in [4.69, 9.17) is 19.4 Å². The molecule has 0 atom stereocenters. The van der Waals surface area contributed by atoms with Crippen molar-refractivity contribution in [2.45, 2.75) is 0 Å². The number of thiophene rings is 1. The van der Waals surface area contributed by atoms with E-state index < -0.39 is 0 Å². The first kappa shape index (κ1) is 31.9. The third kappa shape index (κ3) is 5.04. The Bertz CT molecular complexity index is 3530. The molecule has 0 aliphatic heterocycles. The van der Waals surface area contributed by atoms with E-state index in [-0.39, 0.29) is 0 Å². The molecule has 0 aliphatic carbocycles. The molecule has 0 aliphatic rings. The van der Waals surface area contributed by atoms with E-state index in [1.54, 1.807) is 11.3 Å². The summed E-state index contributed by atoms with van der Waals surface area (Å²) < 4.78 is 11.2. The van der Waals surface area contributed by atoms with E-state index in [0.29, 0.717) is 17.6 Å². The highest BCUT2D eigenvalue weighted by Crippen LogP contribution is 2.42. The standard InChI is InChI=1S/C51H30N4OS/c1-3-13-31(14-4-1)35-19-11-20-38-41-29-33(26-28-44(41)56-48(35)38)34-25-27-37-36-17-7-9-22-42(36)55(43(37)30-34)51-53-49(32-15-5-2-6-16-32)52-50(54-51)40-21-12-24-46-47(40)39-18-8-10-23-45(39)57-46/h1-30H. The average Bonchev–Trinajstić information content (AvgIpc) is 3.96. The van der Waals surface area contributed by atoms with Crippen molar-refractivity contribution in [1.29, 1.82) is 0 Å². The van der Waals surface area contributed by atoms with E-state index in [9.17, 15) is 0 Å². The number of fused-ring (bicyclic) bond motifs is 9. The lowest BCUT2D eigenvalue weighted by Gasteiger charge is -2.12. The van der Waals surface area contributed by atoms with Gasteiger partial charge in [-0.25, -0.2) is 4.98 Å². The molecule has 0 bridgehead atoms. The molecule has 0 N–H and O–H groups in total. The molecule has 0 spiro atoms. The molecule has 0 amide bonds. The largest absolute Gasteiger partial charge is 0.455 e. The Hall–Kier alpha value is -7.41. The minimum atomic E-state index is 0.573. The summed E-state index contributed by atoms with van der Waals surface area (Å²) in [6.07, 6.45) is 0. The van der Waals surface area contributed by atoms with Crippen LogP contribution >= 0.6 is 11.3 Å². The molecule has 0 saturated heterocycles. The zero-order chi connectivity index (χ0) is 37.5. The minimum absolute atomic E-state index is 0.573. The molecular formula is C51H30N4OS. The molecule has 266 valence electrons. The van der Waals surface area contributed by atoms with Crippen LogP contribution in [0.4, 0.5) is 0 Å². The van der Waals surface area contributed by atoms with Crippen LogP contribution in [0.5, 0.6) is 0 Å². The van der Waals surface area contributed by atoms with Crippen LogP contribution in [-0.4, -0.2) is 19.5 Å². The average molecular weight is 747 g/mol. The Morgan fingerprint density at radius 1 is 0.404 bits per heavy atom. The van der Waals surface area contributed by atoms with E-state index >= 15 is 0 Å². The van der Waals surface area contributed by atoms with E-state index in [1.807, 2.05) is 24.3 Å². The van der Waals surface area contributed by atoms with Crippen LogP contribution in [0, 0.1) is 0 Å². The number of para-hydroxylation sites is 2. The quantitative estimate of drug-likeness (QED) is 0.176. The first-order chi connectivity index (χ1) is 28.2. The van der Waals surface area contributed by atoms with Crippen molar-refractivity contribution in [2.75, 3.05) is 0 Å². The van der Waals surface area contributed by atoms with E-state index in [1.165, 1.54) is 14.8 Å². The molecule has 12 aromatic rings. The summed E-state index contributed by atoms with van der Waals surface area (Å²) in [4.78, 5) is 15.8. The lowest BCUT2D eigenvalue weighted by Crippen LogP contribution is -2.06. The van der Waals surface area contributed by atoms with Crippen LogP contribution in [0.25, 0.3) is 115 Å². The van der Waals surface area contributed by atoms with Crippen molar-refractivity contribution in [3.63, 3.8) is 0 Å². The van der Waals surface area contributed by atoms with Gasteiger partial charge < -0.3 is 4.42 Å². The molecule has 6 heteroatoms. The van der Waals surface area contributed by atoms with Gasteiger partial charge in [0.25, 0.3) is 0 Å². The van der Waals surface area contributed by atoms with Crippen molar-refractivity contribution in [2.24, 2.45) is 0 Å². The highest BCUT2D eigenvalue weighted by molar-refractivity contribution is 7.25. The second-order valence-electron chi connectivity index (χ2n) is 14.4. The minimum Gasteiger partial charge on any atom is -0.455 e. The molecule has 5 nitrogen and oxygen atoms in total. The number of nitrogens with zero attached hydrogens (tertiary/aromatic N) is 4. The fraction of sp³-hybridized carbons (Fsp3) is 0. The third-order valence-corrected chi connectivity index (χ3v) is 12.2. The Kier molecular flexibility index (Phi) is 7.03. The van der Waals surface area contributed by atoms with Crippen molar-refractivity contribution in [3.05, 3.63) is 182 Å². The number of aromatic nitrogens is 4. The molecule has 0 radical (unpaired) electrons. The van der Waals surface area contributed by atoms with Gasteiger partial charge in [-0.3, -0.25) is 4.57 Å². The summed E-state index contributed by atoms with van der Waals surface area (Å²) >= 11 is 1.80. The fourth-order valence-corrected chi connectivity index (χ4v) is 9.58. The summed E-state index contributed by atoms with van der Waals surface area (Å²) in [6.45, 7) is 0. The molecule has 0 fully saturated rings. The number of hydrogen-bond donors (Lipinski definition) is 0. The lowest BCUT2D eigenvalue weighted by atomic mass is 9.99. The van der Waals surface area contributed by atoms with Gasteiger partial charge in [-0.2, -0.15) is 9.97 Å². The summed E-state index contributed by atoms with van der Waals surface area (Å²) in [7, 11) is 0. The second-order valence-corrected chi connectivity index (χ2v) is 15.5. The Morgan fingerprint density at radius 3 is 1.93 bits per heavy atom. The predicted octanol–water partition coefficient (Wildman–Crippen LogP) is 13.9. The number of furan rings is 1. The number of benzene rings is 8. The van der Waals surface area contributed by atoms with Gasteiger partial charge in [-0.1, -0.05) is 146 Å². The first-order valence-electron chi connectivity index (χ1n) is 19.0. The number of hydrogen-bond acceptors (Lipinski definition) is 5. The van der Waals surface area contributed by atoms with Crippen LogP contribution in [0.1, 0.15) is 0 Å². The van der Waals surface area contributed by atoms with Gasteiger partial charge in [0.05, 0.1) is 11.0 Å². The summed E-state index contributed by atoms with van der Waals surface area (Å²) in [5, 5.41) is 6.82. The maximum atomic E-state index is 6.53. The molecule has 0 saturated carbocycles. The summed E-state index contributed by atoms with van der Waals surface area (Å²) in [5.41, 5.74) is 10.2. The zero-order valence-corrected chi connectivity index (χ0v) is 31.2. The Morgan fingerprint density at radius 2 is 1.05 bits per heavy atom. The van der Waals surface area contributed by atoms with E-state index in [2.05, 4.69) is 162 Å². The molecular weight excluding hydrogens is 717 g/mol. The fourth-order valence-electron chi connectivity index (χ4n) is 8.45. The molecule has 12 rings (SSSR count). The van der Waals surface area contributed by atoms with Gasteiger partial charge in [0.2, 0.25) is 5.95 Å². The second kappa shape index (κ2) is 12.6. The topological polar surface area (TPSA) is 56.7 Å². The van der Waals surface area contributed by atoms with Crippen molar-refractivity contribution in [1.82, 2.24) is 19.5 Å². The molecule has 0 unspecified atom stereocenters. The van der Waals surface area contributed by atoms with Gasteiger partial charge in [-0.05, 0) is 53.1 Å². The van der Waals surface area contributed by atoms with Crippen LogP contribution in [-0.2, 0) is 0 Å². The maximum Gasteiger partial charge on any atom is 0.238 e. The van der Waals surface area contributed by atoms with Crippen molar-refractivity contribution < 1.29 is 4.42 Å². The van der Waals surface area contributed by atoms with Crippen LogP contribution in [0.2, 0.25) is 0 Å². The normalized spacial score (nSPS) is 11.9. The number of rotatable bonds is 5. The maximum absolute atomic E-state index is 6.53. The van der Waals surface area contributed by atoms with Crippen molar-refractivity contribution >= 4 is 75.3 Å². The van der Waals surface area contributed by atoms with Crippen LogP contribution in [0.15, 0.2) is 186 Å². The third-order valence-electron chi connectivity index (χ3n) is 11.1. The SMILES string of the molecule is c1ccc(-c2nc(-c3cccc4sc5ccccc5c34)nc(-n3c4ccccc4c4ccc(-c5ccc6oc7c(-c8ccccc8)cccc7c6c5)cc43)n2)cc1. The van der Waals surface area contributed by atoms with Gasteiger partial charge in [0.15, 0.2) is 11.6 Å². The van der Waals surface area contributed by atoms with E-state index in [0.717, 1.165) is 82.5 Å². The molecule has 8 aromatic carbocycles. The summed E-state index contributed by atoms with van der Waals surface area (Å²) in [5.74, 6) is 1.84.